The molecule has 218 valence electrons. The molecule has 3 heterocycles. The van der Waals surface area contributed by atoms with Gasteiger partial charge in [0.2, 0.25) is 5.91 Å². The number of likely N-dealkylation sites (N-methyl/N-ethyl adjacent to an activating group) is 1. The fourth-order valence-corrected chi connectivity index (χ4v) is 5.40. The molecule has 2 aromatic rings. The molecule has 1 unspecified atom stereocenters. The monoisotopic (exact) mass is 573 g/mol. The van der Waals surface area contributed by atoms with E-state index in [1.807, 2.05) is 11.9 Å². The lowest BCUT2D eigenvalue weighted by Crippen LogP contribution is -2.44. The van der Waals surface area contributed by atoms with Crippen LogP contribution in [0.3, 0.4) is 0 Å². The number of benzene rings is 2. The minimum atomic E-state index is -4.90. The van der Waals surface area contributed by atoms with Gasteiger partial charge in [0.25, 0.3) is 5.91 Å². The number of nitrogens with one attached hydrogen (secondary N) is 1. The summed E-state index contributed by atoms with van der Waals surface area (Å²) < 4.78 is 56.1. The fraction of sp³-hybridized carbons (Fsp3) is 0.414. The second-order valence-corrected chi connectivity index (χ2v) is 10.7. The third-order valence-electron chi connectivity index (χ3n) is 7.67. The summed E-state index contributed by atoms with van der Waals surface area (Å²) in [7, 11) is 1.98. The predicted octanol–water partition coefficient (Wildman–Crippen LogP) is 3.47. The molecule has 0 radical (unpaired) electrons. The molecule has 0 bridgehead atoms. The zero-order valence-corrected chi connectivity index (χ0v) is 22.5. The number of likely N-dealkylation sites (tertiary alicyclic amines) is 1. The molecule has 5 rings (SSSR count). The van der Waals surface area contributed by atoms with Gasteiger partial charge < -0.3 is 20.2 Å². The first-order valence-electron chi connectivity index (χ1n) is 13.4. The summed E-state index contributed by atoms with van der Waals surface area (Å²) in [5, 5.41) is 12.5. The number of halogens is 4. The van der Waals surface area contributed by atoms with Crippen LogP contribution in [0.1, 0.15) is 12.0 Å². The number of anilines is 2. The van der Waals surface area contributed by atoms with Gasteiger partial charge >= 0.3 is 6.18 Å². The van der Waals surface area contributed by atoms with Gasteiger partial charge in [-0.1, -0.05) is 12.1 Å². The van der Waals surface area contributed by atoms with Crippen molar-refractivity contribution in [3.05, 3.63) is 59.4 Å². The summed E-state index contributed by atoms with van der Waals surface area (Å²) in [6, 6.07) is 9.78. The zero-order valence-electron chi connectivity index (χ0n) is 22.5. The number of nitrogens with zero attached hydrogens (tertiary/aromatic N) is 4. The van der Waals surface area contributed by atoms with E-state index in [9.17, 15) is 27.9 Å². The smallest absolute Gasteiger partial charge is 0.392 e. The normalized spacial score (nSPS) is 22.2. The van der Waals surface area contributed by atoms with E-state index in [4.69, 9.17) is 0 Å². The third kappa shape index (κ3) is 6.66. The number of β-amino-alcohol motifs (C(OH)–C–C–N with tert-alkyl or cyclic N) is 1. The number of aliphatic hydroxyl groups is 1. The van der Waals surface area contributed by atoms with Crippen LogP contribution in [0.2, 0.25) is 0 Å². The second kappa shape index (κ2) is 11.7. The molecule has 0 aliphatic carbocycles. The van der Waals surface area contributed by atoms with Crippen LogP contribution >= 0.6 is 0 Å². The number of alkyl halides is 3. The average molecular weight is 574 g/mol. The topological polar surface area (TPSA) is 88.5 Å². The number of carbonyl (C=O) groups excluding carboxylic acids is 2. The first-order chi connectivity index (χ1) is 19.5. The first kappa shape index (κ1) is 28.9. The maximum Gasteiger partial charge on any atom is 0.414 e. The van der Waals surface area contributed by atoms with Gasteiger partial charge in [-0.25, -0.2) is 9.38 Å². The summed E-state index contributed by atoms with van der Waals surface area (Å²) >= 11 is 0. The number of hydrogen-bond acceptors (Lipinski definition) is 6. The largest absolute Gasteiger partial charge is 0.414 e. The van der Waals surface area contributed by atoms with E-state index in [2.05, 4.69) is 20.1 Å². The van der Waals surface area contributed by atoms with Crippen molar-refractivity contribution < 1.29 is 32.3 Å². The number of aliphatic imine (C=N–C) groups is 1. The van der Waals surface area contributed by atoms with Crippen molar-refractivity contribution in [2.75, 3.05) is 56.5 Å². The van der Waals surface area contributed by atoms with E-state index in [0.29, 0.717) is 56.1 Å². The first-order valence-corrected chi connectivity index (χ1v) is 13.4. The number of dihydropyridines is 1. The third-order valence-corrected chi connectivity index (χ3v) is 7.67. The molecule has 41 heavy (non-hydrogen) atoms. The van der Waals surface area contributed by atoms with E-state index in [0.717, 1.165) is 25.2 Å². The van der Waals surface area contributed by atoms with Crippen LogP contribution in [0, 0.1) is 11.7 Å². The Kier molecular flexibility index (Phi) is 8.25. The number of piperazine rings is 1. The van der Waals surface area contributed by atoms with Gasteiger partial charge in [0.15, 0.2) is 0 Å². The summed E-state index contributed by atoms with van der Waals surface area (Å²) in [6.07, 6.45) is -3.57. The van der Waals surface area contributed by atoms with Crippen molar-refractivity contribution in [1.82, 2.24) is 9.80 Å². The van der Waals surface area contributed by atoms with Gasteiger partial charge in [0, 0.05) is 63.7 Å². The molecule has 2 aromatic carbocycles. The summed E-state index contributed by atoms with van der Waals surface area (Å²) in [6.45, 7) is 4.53. The van der Waals surface area contributed by atoms with Gasteiger partial charge in [0.05, 0.1) is 23.1 Å². The maximum atomic E-state index is 15.1. The van der Waals surface area contributed by atoms with E-state index in [1.165, 1.54) is 6.07 Å². The molecular formula is C29H31F4N5O3. The quantitative estimate of drug-likeness (QED) is 0.515. The Morgan fingerprint density at radius 2 is 1.85 bits per heavy atom. The van der Waals surface area contributed by atoms with Crippen LogP contribution in [-0.2, 0) is 16.1 Å². The summed E-state index contributed by atoms with van der Waals surface area (Å²) in [4.78, 5) is 34.4. The molecule has 12 heteroatoms. The highest BCUT2D eigenvalue weighted by Crippen LogP contribution is 2.37. The van der Waals surface area contributed by atoms with Crippen molar-refractivity contribution >= 4 is 29.4 Å². The Balaban J connectivity index is 1.48. The van der Waals surface area contributed by atoms with Crippen LogP contribution in [-0.4, -0.2) is 91.5 Å². The molecule has 2 fully saturated rings. The maximum absolute atomic E-state index is 15.1. The van der Waals surface area contributed by atoms with Crippen LogP contribution < -0.4 is 10.2 Å². The van der Waals surface area contributed by atoms with Crippen molar-refractivity contribution in [2.45, 2.75) is 25.2 Å². The molecule has 2 amide bonds. The highest BCUT2D eigenvalue weighted by molar-refractivity contribution is 6.11. The van der Waals surface area contributed by atoms with Gasteiger partial charge in [0.1, 0.15) is 11.7 Å². The van der Waals surface area contributed by atoms with Crippen LogP contribution in [0.15, 0.2) is 53.0 Å². The lowest BCUT2D eigenvalue weighted by Gasteiger charge is -2.35. The molecule has 0 aromatic heterocycles. The summed E-state index contributed by atoms with van der Waals surface area (Å²) in [5.74, 6) is -4.38. The average Bonchev–Trinajstić information content (AvgIpc) is 3.34. The van der Waals surface area contributed by atoms with Crippen molar-refractivity contribution in [1.29, 1.82) is 0 Å². The Hall–Kier alpha value is -3.61. The Morgan fingerprint density at radius 1 is 1.10 bits per heavy atom. The van der Waals surface area contributed by atoms with E-state index < -0.39 is 35.3 Å². The number of rotatable bonds is 6. The van der Waals surface area contributed by atoms with Crippen LogP contribution in [0.25, 0.3) is 11.1 Å². The Bertz CT molecular complexity index is 1380. The minimum Gasteiger partial charge on any atom is -0.392 e. The van der Waals surface area contributed by atoms with Gasteiger partial charge in [-0.3, -0.25) is 14.5 Å². The number of amides is 2. The predicted molar refractivity (Wildman–Crippen MR) is 147 cm³/mol. The lowest BCUT2D eigenvalue weighted by molar-refractivity contribution is -0.124. The number of carbonyl (C=O) groups is 2. The lowest BCUT2D eigenvalue weighted by atomic mass is 9.95. The Morgan fingerprint density at radius 3 is 2.54 bits per heavy atom. The molecule has 8 nitrogen and oxygen atoms in total. The van der Waals surface area contributed by atoms with Crippen molar-refractivity contribution in [2.24, 2.45) is 10.9 Å². The number of hydrogen-bond donors (Lipinski definition) is 2. The molecule has 0 spiro atoms. The van der Waals surface area contributed by atoms with Crippen molar-refractivity contribution in [3.63, 3.8) is 0 Å². The summed E-state index contributed by atoms with van der Waals surface area (Å²) in [5.41, 5.74) is 1.10. The molecule has 2 saturated heterocycles. The molecule has 3 aliphatic heterocycles. The van der Waals surface area contributed by atoms with E-state index in [-0.39, 0.29) is 17.4 Å². The standard InChI is InChI=1S/C29H31F4N5O3/c1-36-8-10-38(11-9-36)26-5-3-19(21-12-18(2-4-24(21)30)16-37-7-6-20(39)17-37)13-25(26)35-28(41)22-15-34-27(40)14-23(22)29(31,32)33/h2-5,12-15,20,22,39H,6-11,16-17H2,1H3,(H,35,41)/t20-,22?/m1/s1. The second-order valence-electron chi connectivity index (χ2n) is 10.7. The Labute approximate surface area is 234 Å². The highest BCUT2D eigenvalue weighted by atomic mass is 19.4. The fourth-order valence-electron chi connectivity index (χ4n) is 5.40. The van der Waals surface area contributed by atoms with Crippen LogP contribution in [0.4, 0.5) is 28.9 Å². The molecule has 3 aliphatic rings. The number of aliphatic hydroxyl groups excluding tert-OH is 1. The zero-order chi connectivity index (χ0) is 29.3. The van der Waals surface area contributed by atoms with E-state index in [1.54, 1.807) is 30.3 Å². The molecule has 2 atom stereocenters. The van der Waals surface area contributed by atoms with Crippen molar-refractivity contribution in [3.8, 4) is 11.1 Å². The van der Waals surface area contributed by atoms with Crippen LogP contribution in [0.5, 0.6) is 0 Å². The molecule has 0 saturated carbocycles. The van der Waals surface area contributed by atoms with Gasteiger partial charge in [-0.2, -0.15) is 13.2 Å². The minimum absolute atomic E-state index is 0.233. The van der Waals surface area contributed by atoms with Gasteiger partial charge in [-0.15, -0.1) is 0 Å². The molecular weight excluding hydrogens is 542 g/mol. The van der Waals surface area contributed by atoms with Gasteiger partial charge in [-0.05, 0) is 48.9 Å². The SMILES string of the molecule is CN1CCN(c2ccc(-c3cc(CN4CC[C@@H](O)C4)ccc3F)cc2NC(=O)C2C=NC(=O)C=C2C(F)(F)F)CC1. The highest BCUT2D eigenvalue weighted by Gasteiger charge is 2.43. The van der Waals surface area contributed by atoms with E-state index >= 15 is 4.39 Å². The molecule has 2 N–H and O–H groups in total.